The number of halogens is 1. The Labute approximate surface area is 123 Å². The van der Waals surface area contributed by atoms with Gasteiger partial charge in [-0.05, 0) is 35.7 Å². The zero-order chi connectivity index (χ0) is 14.8. The van der Waals surface area contributed by atoms with Crippen LogP contribution in [0.1, 0.15) is 22.7 Å². The molecule has 0 amide bonds. The zero-order valence-corrected chi connectivity index (χ0v) is 12.2. The van der Waals surface area contributed by atoms with Gasteiger partial charge in [0.05, 0.1) is 20.3 Å². The third kappa shape index (κ3) is 2.47. The minimum absolute atomic E-state index is 0.158. The normalized spacial score (nSPS) is 17.2. The van der Waals surface area contributed by atoms with E-state index in [0.29, 0.717) is 17.1 Å². The van der Waals surface area contributed by atoms with Crippen molar-refractivity contribution in [1.82, 2.24) is 5.32 Å². The Hall–Kier alpha value is -2.07. The molecule has 1 aliphatic heterocycles. The lowest BCUT2D eigenvalue weighted by atomic mass is 9.89. The quantitative estimate of drug-likeness (QED) is 0.941. The van der Waals surface area contributed by atoms with E-state index >= 15 is 0 Å². The molecule has 2 aromatic carbocycles. The van der Waals surface area contributed by atoms with Crippen molar-refractivity contribution in [3.05, 3.63) is 58.9 Å². The molecule has 110 valence electrons. The van der Waals surface area contributed by atoms with E-state index in [2.05, 4.69) is 5.32 Å². The van der Waals surface area contributed by atoms with E-state index in [1.807, 2.05) is 24.3 Å². The molecule has 4 heteroatoms. The summed E-state index contributed by atoms with van der Waals surface area (Å²) in [6, 6.07) is 10.6. The average molecular weight is 287 g/mol. The molecule has 1 heterocycles. The van der Waals surface area contributed by atoms with Gasteiger partial charge in [0, 0.05) is 12.1 Å². The Bertz CT molecular complexity index is 657. The van der Waals surface area contributed by atoms with E-state index in [-0.39, 0.29) is 11.9 Å². The van der Waals surface area contributed by atoms with Crippen LogP contribution in [-0.2, 0) is 6.42 Å². The van der Waals surface area contributed by atoms with Crippen LogP contribution in [0.4, 0.5) is 4.39 Å². The lowest BCUT2D eigenvalue weighted by Crippen LogP contribution is -2.31. The van der Waals surface area contributed by atoms with Crippen LogP contribution in [0.3, 0.4) is 0 Å². The molecule has 0 radical (unpaired) electrons. The monoisotopic (exact) mass is 287 g/mol. The Morgan fingerprint density at radius 1 is 1.05 bits per heavy atom. The highest BCUT2D eigenvalue weighted by Gasteiger charge is 2.25. The molecular weight excluding hydrogens is 269 g/mol. The maximum absolute atomic E-state index is 14.1. The second kappa shape index (κ2) is 5.74. The summed E-state index contributed by atoms with van der Waals surface area (Å²) in [5.41, 5.74) is 2.87. The van der Waals surface area contributed by atoms with E-state index in [1.54, 1.807) is 20.3 Å². The maximum atomic E-state index is 14.1. The first-order chi connectivity index (χ1) is 10.2. The van der Waals surface area contributed by atoms with Crippen LogP contribution in [0, 0.1) is 5.82 Å². The standard InChI is InChI=1S/C17H18FNO2/c1-20-15-9-11-7-8-19-17(13(11)10-16(15)21-2)12-5-3-4-6-14(12)18/h3-6,9-10,17,19H,7-8H2,1-2H3/t17-/m1/s1. The fraction of sp³-hybridized carbons (Fsp3) is 0.294. The van der Waals surface area contributed by atoms with Crippen molar-refractivity contribution < 1.29 is 13.9 Å². The van der Waals surface area contributed by atoms with Crippen LogP contribution in [0.15, 0.2) is 36.4 Å². The second-order valence-corrected chi connectivity index (χ2v) is 5.06. The molecule has 0 saturated carbocycles. The van der Waals surface area contributed by atoms with Crippen molar-refractivity contribution in [2.45, 2.75) is 12.5 Å². The van der Waals surface area contributed by atoms with Crippen molar-refractivity contribution in [2.24, 2.45) is 0 Å². The first-order valence-electron chi connectivity index (χ1n) is 6.97. The molecule has 3 rings (SSSR count). The topological polar surface area (TPSA) is 30.5 Å². The molecule has 0 spiro atoms. The SMILES string of the molecule is COc1cc2c(cc1OC)[C@@H](c1ccccc1F)NCC2. The highest BCUT2D eigenvalue weighted by Crippen LogP contribution is 2.37. The number of rotatable bonds is 3. The van der Waals surface area contributed by atoms with Gasteiger partial charge in [0.2, 0.25) is 0 Å². The molecular formula is C17H18FNO2. The molecule has 2 aromatic rings. The fourth-order valence-corrected chi connectivity index (χ4v) is 2.87. The van der Waals surface area contributed by atoms with E-state index in [4.69, 9.17) is 9.47 Å². The Balaban J connectivity index is 2.11. The van der Waals surface area contributed by atoms with Gasteiger partial charge in [0.25, 0.3) is 0 Å². The molecule has 1 N–H and O–H groups in total. The summed E-state index contributed by atoms with van der Waals surface area (Å²) >= 11 is 0. The van der Waals surface area contributed by atoms with Crippen LogP contribution in [0.2, 0.25) is 0 Å². The lowest BCUT2D eigenvalue weighted by Gasteiger charge is -2.28. The third-order valence-electron chi connectivity index (χ3n) is 3.92. The van der Waals surface area contributed by atoms with Gasteiger partial charge in [0.1, 0.15) is 5.82 Å². The summed E-state index contributed by atoms with van der Waals surface area (Å²) < 4.78 is 24.8. The van der Waals surface area contributed by atoms with Crippen LogP contribution in [0.25, 0.3) is 0 Å². The summed E-state index contributed by atoms with van der Waals surface area (Å²) in [6.45, 7) is 0.807. The molecule has 0 fully saturated rings. The van der Waals surface area contributed by atoms with Crippen LogP contribution < -0.4 is 14.8 Å². The highest BCUT2D eigenvalue weighted by molar-refractivity contribution is 5.51. The minimum atomic E-state index is -0.197. The summed E-state index contributed by atoms with van der Waals surface area (Å²) in [5.74, 6) is 1.18. The van der Waals surface area contributed by atoms with Gasteiger partial charge in [-0.1, -0.05) is 18.2 Å². The highest BCUT2D eigenvalue weighted by atomic mass is 19.1. The number of nitrogens with one attached hydrogen (secondary N) is 1. The van der Waals surface area contributed by atoms with Crippen molar-refractivity contribution >= 4 is 0 Å². The smallest absolute Gasteiger partial charge is 0.161 e. The Morgan fingerprint density at radius 2 is 1.76 bits per heavy atom. The van der Waals surface area contributed by atoms with Crippen LogP contribution in [0.5, 0.6) is 11.5 Å². The Morgan fingerprint density at radius 3 is 2.48 bits per heavy atom. The molecule has 1 aliphatic rings. The third-order valence-corrected chi connectivity index (χ3v) is 3.92. The van der Waals surface area contributed by atoms with Crippen molar-refractivity contribution in [3.63, 3.8) is 0 Å². The van der Waals surface area contributed by atoms with E-state index in [0.717, 1.165) is 18.5 Å². The molecule has 0 saturated heterocycles. The number of benzene rings is 2. The van der Waals surface area contributed by atoms with Gasteiger partial charge in [-0.3, -0.25) is 0 Å². The number of hydrogen-bond donors (Lipinski definition) is 1. The average Bonchev–Trinajstić information content (AvgIpc) is 2.53. The second-order valence-electron chi connectivity index (χ2n) is 5.06. The Kier molecular flexibility index (Phi) is 3.80. The van der Waals surface area contributed by atoms with Crippen LogP contribution >= 0.6 is 0 Å². The van der Waals surface area contributed by atoms with Gasteiger partial charge in [-0.15, -0.1) is 0 Å². The largest absolute Gasteiger partial charge is 0.493 e. The predicted octanol–water partition coefficient (Wildman–Crippen LogP) is 3.08. The van der Waals surface area contributed by atoms with Gasteiger partial charge < -0.3 is 14.8 Å². The zero-order valence-electron chi connectivity index (χ0n) is 12.2. The van der Waals surface area contributed by atoms with Gasteiger partial charge in [-0.25, -0.2) is 4.39 Å². The molecule has 0 bridgehead atoms. The molecule has 0 aliphatic carbocycles. The molecule has 21 heavy (non-hydrogen) atoms. The molecule has 0 unspecified atom stereocenters. The predicted molar refractivity (Wildman–Crippen MR) is 79.5 cm³/mol. The van der Waals surface area contributed by atoms with Gasteiger partial charge in [-0.2, -0.15) is 0 Å². The maximum Gasteiger partial charge on any atom is 0.161 e. The van der Waals surface area contributed by atoms with Crippen molar-refractivity contribution in [2.75, 3.05) is 20.8 Å². The van der Waals surface area contributed by atoms with E-state index in [1.165, 1.54) is 11.6 Å². The van der Waals surface area contributed by atoms with Gasteiger partial charge >= 0.3 is 0 Å². The number of methoxy groups -OCH3 is 2. The van der Waals surface area contributed by atoms with Crippen molar-refractivity contribution in [3.8, 4) is 11.5 Å². The summed E-state index contributed by atoms with van der Waals surface area (Å²) in [4.78, 5) is 0. The molecule has 0 aromatic heterocycles. The van der Waals surface area contributed by atoms with Gasteiger partial charge in [0.15, 0.2) is 11.5 Å². The summed E-state index contributed by atoms with van der Waals surface area (Å²) in [7, 11) is 3.23. The lowest BCUT2D eigenvalue weighted by molar-refractivity contribution is 0.352. The molecule has 3 nitrogen and oxygen atoms in total. The molecule has 1 atom stereocenters. The number of hydrogen-bond acceptors (Lipinski definition) is 3. The first-order valence-corrected chi connectivity index (χ1v) is 6.97. The summed E-state index contributed by atoms with van der Waals surface area (Å²) in [6.07, 6.45) is 0.890. The van der Waals surface area contributed by atoms with Crippen molar-refractivity contribution in [1.29, 1.82) is 0 Å². The van der Waals surface area contributed by atoms with E-state index in [9.17, 15) is 4.39 Å². The van der Waals surface area contributed by atoms with E-state index < -0.39 is 0 Å². The summed E-state index contributed by atoms with van der Waals surface area (Å²) in [5, 5.41) is 3.38. The number of ether oxygens (including phenoxy) is 2. The first kappa shape index (κ1) is 13.9. The van der Waals surface area contributed by atoms with Crippen LogP contribution in [-0.4, -0.2) is 20.8 Å². The fourth-order valence-electron chi connectivity index (χ4n) is 2.87. The number of fused-ring (bicyclic) bond motifs is 1. The minimum Gasteiger partial charge on any atom is -0.493 e.